The number of carbonyl (C=O) groups excluding carboxylic acids is 2. The van der Waals surface area contributed by atoms with Crippen molar-refractivity contribution in [2.24, 2.45) is 17.3 Å². The van der Waals surface area contributed by atoms with Crippen LogP contribution >= 0.6 is 0 Å². The summed E-state index contributed by atoms with van der Waals surface area (Å²) in [7, 11) is 2.68. The van der Waals surface area contributed by atoms with E-state index >= 15 is 0 Å². The van der Waals surface area contributed by atoms with Crippen LogP contribution in [0.3, 0.4) is 0 Å². The van der Waals surface area contributed by atoms with Gasteiger partial charge in [0.25, 0.3) is 0 Å². The molecule has 3 atom stereocenters. The lowest BCUT2D eigenvalue weighted by atomic mass is 9.87. The minimum atomic E-state index is -0.725. The van der Waals surface area contributed by atoms with E-state index in [-0.39, 0.29) is 12.6 Å². The van der Waals surface area contributed by atoms with Gasteiger partial charge in [-0.2, -0.15) is 0 Å². The molecule has 1 heterocycles. The molecule has 2 fully saturated rings. The predicted molar refractivity (Wildman–Crippen MR) is 97.5 cm³/mol. The van der Waals surface area contributed by atoms with Crippen LogP contribution in [-0.4, -0.2) is 32.8 Å². The van der Waals surface area contributed by atoms with Crippen molar-refractivity contribution in [3.05, 3.63) is 66.2 Å². The minimum Gasteiger partial charge on any atom is -0.469 e. The zero-order valence-corrected chi connectivity index (χ0v) is 15.2. The number of para-hydroxylation sites is 1. The second-order valence-corrected chi connectivity index (χ2v) is 6.86. The number of hydroxylamine groups is 1. The Morgan fingerprint density at radius 2 is 1.44 bits per heavy atom. The van der Waals surface area contributed by atoms with Gasteiger partial charge in [0.1, 0.15) is 0 Å². The lowest BCUT2D eigenvalue weighted by molar-refractivity contribution is -0.148. The third-order valence-corrected chi connectivity index (χ3v) is 5.62. The summed E-state index contributed by atoms with van der Waals surface area (Å²) in [5.74, 6) is -2.03. The van der Waals surface area contributed by atoms with Crippen LogP contribution in [0, 0.1) is 17.3 Å². The average molecular weight is 367 g/mol. The van der Waals surface area contributed by atoms with E-state index in [1.165, 1.54) is 14.2 Å². The van der Waals surface area contributed by atoms with Crippen LogP contribution in [-0.2, 0) is 23.9 Å². The summed E-state index contributed by atoms with van der Waals surface area (Å²) in [6.07, 6.45) is 0. The molecule has 0 bridgehead atoms. The maximum Gasteiger partial charge on any atom is 0.310 e. The zero-order valence-electron chi connectivity index (χ0n) is 15.2. The first-order valence-electron chi connectivity index (χ1n) is 8.83. The molecule has 2 aliphatic rings. The molecule has 1 aliphatic carbocycles. The topological polar surface area (TPSA) is 65.1 Å². The van der Waals surface area contributed by atoms with Crippen molar-refractivity contribution in [1.82, 2.24) is 0 Å². The largest absolute Gasteiger partial charge is 0.469 e. The number of methoxy groups -OCH3 is 2. The number of hydrogen-bond donors (Lipinski definition) is 0. The van der Waals surface area contributed by atoms with E-state index in [0.717, 1.165) is 11.3 Å². The van der Waals surface area contributed by atoms with E-state index in [1.807, 2.05) is 60.7 Å². The maximum atomic E-state index is 12.5. The summed E-state index contributed by atoms with van der Waals surface area (Å²) in [6, 6.07) is 19.1. The first-order valence-corrected chi connectivity index (χ1v) is 8.83. The van der Waals surface area contributed by atoms with E-state index in [9.17, 15) is 9.59 Å². The van der Waals surface area contributed by atoms with Gasteiger partial charge in [0.2, 0.25) is 0 Å². The fourth-order valence-corrected chi connectivity index (χ4v) is 4.38. The fourth-order valence-electron chi connectivity index (χ4n) is 4.38. The van der Waals surface area contributed by atoms with Crippen LogP contribution in [0.1, 0.15) is 11.6 Å². The molecular weight excluding hydrogens is 346 g/mol. The molecule has 1 saturated carbocycles. The number of ether oxygens (including phenoxy) is 2. The van der Waals surface area contributed by atoms with Crippen molar-refractivity contribution in [3.63, 3.8) is 0 Å². The van der Waals surface area contributed by atoms with Crippen LogP contribution in [0.25, 0.3) is 0 Å². The number of nitrogens with zero attached hydrogens (tertiary/aromatic N) is 1. The molecule has 2 aromatic carbocycles. The monoisotopic (exact) mass is 367 g/mol. The van der Waals surface area contributed by atoms with Crippen LogP contribution < -0.4 is 5.06 Å². The maximum absolute atomic E-state index is 12.5. The van der Waals surface area contributed by atoms with Gasteiger partial charge < -0.3 is 9.47 Å². The molecule has 1 aliphatic heterocycles. The van der Waals surface area contributed by atoms with Crippen molar-refractivity contribution >= 4 is 17.6 Å². The molecule has 6 heteroatoms. The Hall–Kier alpha value is -2.86. The highest BCUT2D eigenvalue weighted by Gasteiger charge is 2.79. The molecule has 0 radical (unpaired) electrons. The van der Waals surface area contributed by atoms with Crippen LogP contribution in [0.5, 0.6) is 0 Å². The zero-order chi connectivity index (χ0) is 19.0. The van der Waals surface area contributed by atoms with E-state index < -0.39 is 29.2 Å². The molecule has 4 rings (SSSR count). The molecule has 27 heavy (non-hydrogen) atoms. The second kappa shape index (κ2) is 6.70. The number of carbonyl (C=O) groups is 2. The highest BCUT2D eigenvalue weighted by atomic mass is 16.7. The summed E-state index contributed by atoms with van der Waals surface area (Å²) >= 11 is 0. The molecular formula is C21H21NO5. The predicted octanol–water partition coefficient (Wildman–Crippen LogP) is 2.76. The number of anilines is 1. The summed E-state index contributed by atoms with van der Waals surface area (Å²) in [5, 5.41) is 1.80. The molecule has 0 N–H and O–H groups in total. The quantitative estimate of drug-likeness (QED) is 0.775. The standard InChI is InChI=1S/C21H21NO5/c1-25-19(23)16-17(20(24)26-2)21(16)13-27-22(15-11-7-4-8-12-15)18(21)14-9-5-3-6-10-14/h3-12,16-18H,13H2,1-2H3/t16-,17-,18-/m0/s1. The molecule has 1 spiro atoms. The fraction of sp³-hybridized carbons (Fsp3) is 0.333. The molecule has 6 nitrogen and oxygen atoms in total. The Kier molecular flexibility index (Phi) is 4.36. The molecule has 0 unspecified atom stereocenters. The first kappa shape index (κ1) is 17.5. The van der Waals surface area contributed by atoms with Gasteiger partial charge in [-0.05, 0) is 17.7 Å². The number of esters is 2. The van der Waals surface area contributed by atoms with Gasteiger partial charge >= 0.3 is 11.9 Å². The summed E-state index contributed by atoms with van der Waals surface area (Å²) in [5.41, 5.74) is 1.11. The lowest BCUT2D eigenvalue weighted by Gasteiger charge is -2.28. The van der Waals surface area contributed by atoms with Gasteiger partial charge in [-0.25, -0.2) is 5.06 Å². The third kappa shape index (κ3) is 2.59. The van der Waals surface area contributed by atoms with E-state index in [2.05, 4.69) is 0 Å². The average Bonchev–Trinajstić information content (AvgIpc) is 3.22. The van der Waals surface area contributed by atoms with Gasteiger partial charge in [0.05, 0.1) is 49.8 Å². The van der Waals surface area contributed by atoms with Gasteiger partial charge in [-0.15, -0.1) is 0 Å². The van der Waals surface area contributed by atoms with Crippen molar-refractivity contribution < 1.29 is 23.9 Å². The van der Waals surface area contributed by atoms with Gasteiger partial charge in [0.15, 0.2) is 0 Å². The van der Waals surface area contributed by atoms with Crippen molar-refractivity contribution in [2.45, 2.75) is 6.04 Å². The van der Waals surface area contributed by atoms with E-state index in [0.29, 0.717) is 0 Å². The van der Waals surface area contributed by atoms with Crippen molar-refractivity contribution in [2.75, 3.05) is 25.9 Å². The van der Waals surface area contributed by atoms with Gasteiger partial charge in [-0.1, -0.05) is 48.5 Å². The minimum absolute atomic E-state index is 0.237. The third-order valence-electron chi connectivity index (χ3n) is 5.62. The second-order valence-electron chi connectivity index (χ2n) is 6.86. The number of hydrogen-bond acceptors (Lipinski definition) is 6. The molecule has 0 aromatic heterocycles. The highest BCUT2D eigenvalue weighted by molar-refractivity contribution is 5.91. The van der Waals surface area contributed by atoms with Gasteiger partial charge in [0, 0.05) is 0 Å². The molecule has 140 valence electrons. The Morgan fingerprint density at radius 1 is 0.926 bits per heavy atom. The summed E-state index contributed by atoms with van der Waals surface area (Å²) in [4.78, 5) is 31.0. The normalized spacial score (nSPS) is 28.8. The van der Waals surface area contributed by atoms with E-state index in [4.69, 9.17) is 14.3 Å². The van der Waals surface area contributed by atoms with Crippen LogP contribution in [0.4, 0.5) is 5.69 Å². The first-order chi connectivity index (χ1) is 13.1. The Labute approximate surface area is 157 Å². The van der Waals surface area contributed by atoms with Crippen molar-refractivity contribution in [3.8, 4) is 0 Å². The summed E-state index contributed by atoms with van der Waals surface area (Å²) in [6.45, 7) is 0.237. The lowest BCUT2D eigenvalue weighted by Crippen LogP contribution is -2.28. The number of benzene rings is 2. The SMILES string of the molecule is COC(=O)[C@@H]1[C@@H](C(=O)OC)C12CON(c1ccccc1)[C@H]2c1ccccc1. The number of rotatable bonds is 4. The Morgan fingerprint density at radius 3 is 1.96 bits per heavy atom. The Balaban J connectivity index is 1.82. The van der Waals surface area contributed by atoms with Crippen LogP contribution in [0.2, 0.25) is 0 Å². The smallest absolute Gasteiger partial charge is 0.310 e. The molecule has 0 amide bonds. The van der Waals surface area contributed by atoms with E-state index in [1.54, 1.807) is 5.06 Å². The van der Waals surface area contributed by atoms with Gasteiger partial charge in [-0.3, -0.25) is 14.4 Å². The van der Waals surface area contributed by atoms with Crippen LogP contribution in [0.15, 0.2) is 60.7 Å². The highest BCUT2D eigenvalue weighted by Crippen LogP contribution is 2.70. The molecule has 1 saturated heterocycles. The Bertz CT molecular complexity index is 816. The molecule has 2 aromatic rings. The summed E-state index contributed by atoms with van der Waals surface area (Å²) < 4.78 is 9.98. The van der Waals surface area contributed by atoms with Crippen molar-refractivity contribution in [1.29, 1.82) is 0 Å².